The molecule has 2 heteroatoms. The summed E-state index contributed by atoms with van der Waals surface area (Å²) in [6, 6.07) is 6.91. The number of hydrogen-bond donors (Lipinski definition) is 1. The Morgan fingerprint density at radius 1 is 1.07 bits per heavy atom. The molecule has 1 aromatic rings. The standard InChI is InChI=1S/C13H18N2/c1-2-8-15(9-3-1)12-5-4-11-6-7-14-13(11)10-12/h4-5,10,14H,1-3,6-9H2. The third-order valence-corrected chi connectivity index (χ3v) is 3.52. The highest BCUT2D eigenvalue weighted by atomic mass is 15.1. The third kappa shape index (κ3) is 1.69. The van der Waals surface area contributed by atoms with Crippen LogP contribution in [0, 0.1) is 0 Å². The summed E-state index contributed by atoms with van der Waals surface area (Å²) in [5, 5.41) is 3.45. The maximum absolute atomic E-state index is 3.45. The monoisotopic (exact) mass is 202 g/mol. The number of hydrogen-bond acceptors (Lipinski definition) is 2. The summed E-state index contributed by atoms with van der Waals surface area (Å²) in [4.78, 5) is 2.52. The summed E-state index contributed by atoms with van der Waals surface area (Å²) in [5.74, 6) is 0. The molecule has 0 amide bonds. The number of nitrogens with one attached hydrogen (secondary N) is 1. The first-order chi connectivity index (χ1) is 7.43. The van der Waals surface area contributed by atoms with Gasteiger partial charge in [-0.25, -0.2) is 0 Å². The van der Waals surface area contributed by atoms with Gasteiger partial charge < -0.3 is 10.2 Å². The quantitative estimate of drug-likeness (QED) is 0.753. The number of nitrogens with zero attached hydrogens (tertiary/aromatic N) is 1. The lowest BCUT2D eigenvalue weighted by Crippen LogP contribution is -2.29. The van der Waals surface area contributed by atoms with Gasteiger partial charge in [-0.2, -0.15) is 0 Å². The van der Waals surface area contributed by atoms with Crippen LogP contribution in [0.5, 0.6) is 0 Å². The van der Waals surface area contributed by atoms with Crippen molar-refractivity contribution >= 4 is 11.4 Å². The summed E-state index contributed by atoms with van der Waals surface area (Å²) in [5.41, 5.74) is 4.25. The van der Waals surface area contributed by atoms with E-state index in [0.29, 0.717) is 0 Å². The fourth-order valence-electron chi connectivity index (χ4n) is 2.63. The molecule has 0 bridgehead atoms. The molecule has 1 N–H and O–H groups in total. The van der Waals surface area contributed by atoms with Crippen LogP contribution in [-0.4, -0.2) is 19.6 Å². The van der Waals surface area contributed by atoms with Crippen molar-refractivity contribution in [3.05, 3.63) is 23.8 Å². The topological polar surface area (TPSA) is 15.3 Å². The van der Waals surface area contributed by atoms with E-state index in [0.717, 1.165) is 6.54 Å². The van der Waals surface area contributed by atoms with E-state index < -0.39 is 0 Å². The van der Waals surface area contributed by atoms with Gasteiger partial charge in [0.1, 0.15) is 0 Å². The van der Waals surface area contributed by atoms with Gasteiger partial charge in [0.05, 0.1) is 0 Å². The van der Waals surface area contributed by atoms with Crippen molar-refractivity contribution in [1.29, 1.82) is 0 Å². The minimum atomic E-state index is 1.11. The molecule has 0 unspecified atom stereocenters. The van der Waals surface area contributed by atoms with E-state index >= 15 is 0 Å². The van der Waals surface area contributed by atoms with Crippen LogP contribution in [0.2, 0.25) is 0 Å². The second-order valence-electron chi connectivity index (χ2n) is 4.57. The van der Waals surface area contributed by atoms with E-state index in [4.69, 9.17) is 0 Å². The Balaban J connectivity index is 1.85. The minimum Gasteiger partial charge on any atom is -0.384 e. The molecule has 2 heterocycles. The number of benzene rings is 1. The average molecular weight is 202 g/mol. The summed E-state index contributed by atoms with van der Waals surface area (Å²) in [6.45, 7) is 3.58. The number of piperidine rings is 1. The largest absolute Gasteiger partial charge is 0.384 e. The van der Waals surface area contributed by atoms with Gasteiger partial charge in [0.2, 0.25) is 0 Å². The van der Waals surface area contributed by atoms with Crippen molar-refractivity contribution in [2.75, 3.05) is 29.9 Å². The van der Waals surface area contributed by atoms with E-state index in [1.54, 1.807) is 0 Å². The van der Waals surface area contributed by atoms with Crippen LogP contribution in [-0.2, 0) is 6.42 Å². The molecular weight excluding hydrogens is 184 g/mol. The molecular formula is C13H18N2. The second kappa shape index (κ2) is 3.76. The summed E-state index contributed by atoms with van der Waals surface area (Å²) in [6.07, 6.45) is 5.30. The molecule has 0 atom stereocenters. The maximum Gasteiger partial charge on any atom is 0.0394 e. The molecule has 2 aliphatic heterocycles. The number of anilines is 2. The fourth-order valence-corrected chi connectivity index (χ4v) is 2.63. The van der Waals surface area contributed by atoms with Gasteiger partial charge in [0, 0.05) is 31.0 Å². The molecule has 0 aromatic heterocycles. The van der Waals surface area contributed by atoms with Crippen molar-refractivity contribution in [2.24, 2.45) is 0 Å². The van der Waals surface area contributed by atoms with E-state index in [-0.39, 0.29) is 0 Å². The van der Waals surface area contributed by atoms with Gasteiger partial charge in [-0.3, -0.25) is 0 Å². The Morgan fingerprint density at radius 3 is 2.80 bits per heavy atom. The van der Waals surface area contributed by atoms with Crippen molar-refractivity contribution in [3.63, 3.8) is 0 Å². The Kier molecular flexibility index (Phi) is 2.28. The zero-order valence-corrected chi connectivity index (χ0v) is 9.13. The normalized spacial score (nSPS) is 19.9. The summed E-state index contributed by atoms with van der Waals surface area (Å²) < 4.78 is 0. The molecule has 1 fully saturated rings. The van der Waals surface area contributed by atoms with Gasteiger partial charge in [-0.05, 0) is 43.4 Å². The second-order valence-corrected chi connectivity index (χ2v) is 4.57. The van der Waals surface area contributed by atoms with Crippen LogP contribution in [0.25, 0.3) is 0 Å². The lowest BCUT2D eigenvalue weighted by atomic mass is 10.1. The predicted octanol–water partition coefficient (Wildman–Crippen LogP) is 2.64. The van der Waals surface area contributed by atoms with Crippen LogP contribution in [0.4, 0.5) is 11.4 Å². The van der Waals surface area contributed by atoms with E-state index in [2.05, 4.69) is 28.4 Å². The molecule has 15 heavy (non-hydrogen) atoms. The molecule has 2 nitrogen and oxygen atoms in total. The maximum atomic E-state index is 3.45. The Morgan fingerprint density at radius 2 is 1.93 bits per heavy atom. The zero-order valence-electron chi connectivity index (χ0n) is 9.13. The van der Waals surface area contributed by atoms with Crippen LogP contribution in [0.15, 0.2) is 18.2 Å². The lowest BCUT2D eigenvalue weighted by molar-refractivity contribution is 0.578. The molecule has 1 aromatic carbocycles. The van der Waals surface area contributed by atoms with Gasteiger partial charge in [0.25, 0.3) is 0 Å². The number of rotatable bonds is 1. The Labute approximate surface area is 91.3 Å². The van der Waals surface area contributed by atoms with Crippen molar-refractivity contribution in [2.45, 2.75) is 25.7 Å². The molecule has 2 aliphatic rings. The minimum absolute atomic E-state index is 1.11. The van der Waals surface area contributed by atoms with Crippen molar-refractivity contribution in [1.82, 2.24) is 0 Å². The first-order valence-electron chi connectivity index (χ1n) is 6.05. The van der Waals surface area contributed by atoms with Crippen LogP contribution < -0.4 is 10.2 Å². The van der Waals surface area contributed by atoms with Crippen molar-refractivity contribution in [3.8, 4) is 0 Å². The van der Waals surface area contributed by atoms with Crippen LogP contribution in [0.3, 0.4) is 0 Å². The summed E-state index contributed by atoms with van der Waals surface area (Å²) in [7, 11) is 0. The first-order valence-corrected chi connectivity index (χ1v) is 6.05. The fraction of sp³-hybridized carbons (Fsp3) is 0.538. The molecule has 0 aliphatic carbocycles. The molecule has 0 radical (unpaired) electrons. The SMILES string of the molecule is c1cc2c(cc1N1CCCCC1)NCC2. The van der Waals surface area contributed by atoms with Gasteiger partial charge in [0.15, 0.2) is 0 Å². The zero-order chi connectivity index (χ0) is 10.1. The molecule has 80 valence electrons. The van der Waals surface area contributed by atoms with E-state index in [9.17, 15) is 0 Å². The highest BCUT2D eigenvalue weighted by Crippen LogP contribution is 2.28. The third-order valence-electron chi connectivity index (χ3n) is 3.52. The van der Waals surface area contributed by atoms with Gasteiger partial charge in [-0.15, -0.1) is 0 Å². The molecule has 0 spiro atoms. The first kappa shape index (κ1) is 9.08. The van der Waals surface area contributed by atoms with Crippen LogP contribution in [0.1, 0.15) is 24.8 Å². The highest BCUT2D eigenvalue weighted by Gasteiger charge is 2.14. The van der Waals surface area contributed by atoms with Gasteiger partial charge >= 0.3 is 0 Å². The van der Waals surface area contributed by atoms with Crippen LogP contribution >= 0.6 is 0 Å². The molecule has 3 rings (SSSR count). The van der Waals surface area contributed by atoms with E-state index in [1.165, 1.54) is 55.7 Å². The van der Waals surface area contributed by atoms with Crippen molar-refractivity contribution < 1.29 is 0 Å². The Bertz CT molecular complexity index is 354. The lowest BCUT2D eigenvalue weighted by Gasteiger charge is -2.29. The summed E-state index contributed by atoms with van der Waals surface area (Å²) >= 11 is 0. The smallest absolute Gasteiger partial charge is 0.0394 e. The molecule has 1 saturated heterocycles. The number of fused-ring (bicyclic) bond motifs is 1. The van der Waals surface area contributed by atoms with E-state index in [1.807, 2.05) is 0 Å². The Hall–Kier alpha value is -1.18. The highest BCUT2D eigenvalue weighted by molar-refractivity contribution is 5.64. The average Bonchev–Trinajstić information content (AvgIpc) is 2.77. The molecule has 0 saturated carbocycles. The predicted molar refractivity (Wildman–Crippen MR) is 64.7 cm³/mol. The van der Waals surface area contributed by atoms with Gasteiger partial charge in [-0.1, -0.05) is 6.07 Å².